The van der Waals surface area contributed by atoms with Gasteiger partial charge in [0.1, 0.15) is 23.7 Å². The van der Waals surface area contributed by atoms with Crippen molar-refractivity contribution in [3.8, 4) is 5.69 Å². The van der Waals surface area contributed by atoms with E-state index in [9.17, 15) is 0 Å². The number of fused-ring (bicyclic) bond motifs is 8. The Bertz CT molecular complexity index is 4140. The minimum atomic E-state index is 0.508. The van der Waals surface area contributed by atoms with Crippen LogP contribution in [0.4, 0.5) is 34.1 Å². The van der Waals surface area contributed by atoms with Crippen LogP contribution in [0.15, 0.2) is 252 Å². The zero-order chi connectivity index (χ0) is 49.3. The van der Waals surface area contributed by atoms with Crippen LogP contribution in [0, 0.1) is 0 Å². The molecule has 0 radical (unpaired) electrons. The molecule has 0 aliphatic heterocycles. The number of furan rings is 2. The highest BCUT2D eigenvalue weighted by atomic mass is 35.5. The molecule has 0 unspecified atom stereocenters. The van der Waals surface area contributed by atoms with E-state index in [0.717, 1.165) is 89.1 Å². The van der Waals surface area contributed by atoms with Crippen LogP contribution < -0.4 is 9.80 Å². The maximum absolute atomic E-state index is 7.30. The molecule has 14 rings (SSSR count). The summed E-state index contributed by atoms with van der Waals surface area (Å²) in [6.45, 7) is 0. The number of aromatic nitrogens is 4. The number of nitrogens with one attached hydrogen (secondary N) is 1. The Balaban J connectivity index is 0.000000125. The Morgan fingerprint density at radius 2 is 0.877 bits per heavy atom. The number of hydrogen-bond donors (Lipinski definition) is 1. The Morgan fingerprint density at radius 3 is 1.53 bits per heavy atom. The van der Waals surface area contributed by atoms with E-state index >= 15 is 0 Å². The summed E-state index contributed by atoms with van der Waals surface area (Å²) in [5.74, 6) is 0. The molecule has 14 aromatic rings. The topological polar surface area (TPSA) is 79.3 Å². The Kier molecular flexibility index (Phi) is 12.3. The molecule has 8 aromatic carbocycles. The number of aromatic amines is 1. The van der Waals surface area contributed by atoms with Gasteiger partial charge in [0.05, 0.1) is 54.5 Å². The predicted octanol–water partition coefficient (Wildman–Crippen LogP) is 19.0. The third-order valence-electron chi connectivity index (χ3n) is 12.8. The first-order valence-corrected chi connectivity index (χ1v) is 24.6. The molecule has 6 aromatic heterocycles. The van der Waals surface area contributed by atoms with E-state index in [4.69, 9.17) is 43.6 Å². The van der Waals surface area contributed by atoms with E-state index in [1.807, 2.05) is 146 Å². The van der Waals surface area contributed by atoms with Gasteiger partial charge in [0.2, 0.25) is 0 Å². The summed E-state index contributed by atoms with van der Waals surface area (Å²) >= 11 is 20.0. The smallest absolute Gasteiger partial charge is 0.136 e. The molecule has 0 saturated heterocycles. The number of H-pyrrole nitrogens is 1. The highest BCUT2D eigenvalue weighted by molar-refractivity contribution is 6.44. The van der Waals surface area contributed by atoms with Crippen molar-refractivity contribution in [3.05, 3.63) is 259 Å². The molecule has 0 bridgehead atoms. The maximum atomic E-state index is 7.30. The van der Waals surface area contributed by atoms with Crippen LogP contribution in [-0.2, 0) is 0 Å². The van der Waals surface area contributed by atoms with Gasteiger partial charge >= 0.3 is 0 Å². The summed E-state index contributed by atoms with van der Waals surface area (Å²) in [6.07, 6.45) is 11.0. The van der Waals surface area contributed by atoms with Gasteiger partial charge in [0.15, 0.2) is 0 Å². The molecule has 73 heavy (non-hydrogen) atoms. The number of rotatable bonds is 7. The second kappa shape index (κ2) is 19.8. The van der Waals surface area contributed by atoms with Gasteiger partial charge in [0, 0.05) is 79.5 Å². The van der Waals surface area contributed by atoms with Crippen LogP contribution in [0.25, 0.3) is 71.2 Å². The number of nitrogens with zero attached hydrogens (tertiary/aromatic N) is 5. The van der Waals surface area contributed by atoms with Crippen molar-refractivity contribution >= 4 is 134 Å². The lowest BCUT2D eigenvalue weighted by atomic mass is 10.1. The molecule has 0 spiro atoms. The summed E-state index contributed by atoms with van der Waals surface area (Å²) in [6, 6.07) is 68.7. The zero-order valence-electron chi connectivity index (χ0n) is 38.8. The molecule has 6 heterocycles. The van der Waals surface area contributed by atoms with E-state index < -0.39 is 0 Å². The maximum Gasteiger partial charge on any atom is 0.136 e. The number of para-hydroxylation sites is 6. The molecule has 352 valence electrons. The SMILES string of the molecule is Clc1c(N(c2ccccc2)c2coc3ccccc23)cccc1-n1c2ccccc2c2cnccc21.Clc1cccc(N(c2ccccc2)c2coc3ccccc23)c1Cl.c1ccc2c(c1)[nH]c1ccncc12. The summed E-state index contributed by atoms with van der Waals surface area (Å²) in [4.78, 5) is 16.0. The zero-order valence-corrected chi connectivity index (χ0v) is 41.0. The Morgan fingerprint density at radius 1 is 0.384 bits per heavy atom. The fraction of sp³-hybridized carbons (Fsp3) is 0. The van der Waals surface area contributed by atoms with Crippen LogP contribution in [0.1, 0.15) is 0 Å². The van der Waals surface area contributed by atoms with E-state index in [2.05, 4.69) is 102 Å². The standard InChI is InChI=1S/C31H20ClN3O.C20H13Cl2NO.C11H8N2/c32-31-27(34(21-9-2-1-3-10-21)29-20-36-30-16-7-5-12-23(29)30)14-8-15-28(31)35-25-13-6-4-11-22(25)24-19-33-18-17-26(24)35;21-16-10-6-11-17(20(16)22)23(14-7-2-1-3-8-14)18-13-24-19-12-5-4-9-15(18)19;1-2-4-10-8(3-1)9-7-12-6-5-11(9)13-10/h1-20H;1-13H;1-7,13H. The van der Waals surface area contributed by atoms with Crippen molar-refractivity contribution in [2.75, 3.05) is 9.80 Å². The summed E-state index contributed by atoms with van der Waals surface area (Å²) in [5, 5.41) is 8.37. The van der Waals surface area contributed by atoms with Crippen LogP contribution in [0.5, 0.6) is 0 Å². The first-order valence-electron chi connectivity index (χ1n) is 23.5. The Hall–Kier alpha value is -8.79. The lowest BCUT2D eigenvalue weighted by Crippen LogP contribution is -2.11. The van der Waals surface area contributed by atoms with Crippen molar-refractivity contribution in [1.82, 2.24) is 19.5 Å². The first-order chi connectivity index (χ1) is 36.0. The summed E-state index contributed by atoms with van der Waals surface area (Å²) in [7, 11) is 0. The van der Waals surface area contributed by atoms with Gasteiger partial charge in [-0.2, -0.15) is 0 Å². The predicted molar refractivity (Wildman–Crippen MR) is 303 cm³/mol. The van der Waals surface area contributed by atoms with Crippen molar-refractivity contribution in [3.63, 3.8) is 0 Å². The lowest BCUT2D eigenvalue weighted by molar-refractivity contribution is 0.616. The normalized spacial score (nSPS) is 11.2. The van der Waals surface area contributed by atoms with Gasteiger partial charge in [-0.15, -0.1) is 0 Å². The van der Waals surface area contributed by atoms with Crippen molar-refractivity contribution in [2.24, 2.45) is 0 Å². The van der Waals surface area contributed by atoms with Crippen molar-refractivity contribution < 1.29 is 8.83 Å². The van der Waals surface area contributed by atoms with Crippen LogP contribution in [0.3, 0.4) is 0 Å². The third kappa shape index (κ3) is 8.47. The number of hydrogen-bond acceptors (Lipinski definition) is 6. The summed E-state index contributed by atoms with van der Waals surface area (Å²) in [5.41, 5.74) is 12.5. The highest BCUT2D eigenvalue weighted by Crippen LogP contribution is 2.47. The Labute approximate surface area is 434 Å². The molecular weight excluding hydrogens is 967 g/mol. The van der Waals surface area contributed by atoms with E-state index in [1.165, 1.54) is 16.3 Å². The van der Waals surface area contributed by atoms with E-state index in [-0.39, 0.29) is 0 Å². The van der Waals surface area contributed by atoms with Gasteiger partial charge in [0.25, 0.3) is 0 Å². The molecule has 0 amide bonds. The van der Waals surface area contributed by atoms with Gasteiger partial charge in [-0.05, 0) is 97.1 Å². The molecule has 8 nitrogen and oxygen atoms in total. The fourth-order valence-corrected chi connectivity index (χ4v) is 10.2. The van der Waals surface area contributed by atoms with Gasteiger partial charge in [-0.1, -0.05) is 144 Å². The molecule has 0 aliphatic rings. The molecule has 0 atom stereocenters. The number of pyridine rings is 2. The van der Waals surface area contributed by atoms with Gasteiger partial charge in [-0.3, -0.25) is 9.97 Å². The number of anilines is 6. The molecular formula is C62H41Cl3N6O2. The van der Waals surface area contributed by atoms with Crippen LogP contribution in [-0.4, -0.2) is 19.5 Å². The van der Waals surface area contributed by atoms with E-state index in [1.54, 1.807) is 24.8 Å². The minimum absolute atomic E-state index is 0.508. The minimum Gasteiger partial charge on any atom is -0.462 e. The lowest BCUT2D eigenvalue weighted by Gasteiger charge is -2.26. The van der Waals surface area contributed by atoms with Gasteiger partial charge < -0.3 is 28.2 Å². The monoisotopic (exact) mass is 1010 g/mol. The quantitative estimate of drug-likeness (QED) is 0.171. The molecule has 0 fully saturated rings. The second-order valence-corrected chi connectivity index (χ2v) is 18.3. The molecule has 11 heteroatoms. The molecule has 0 aliphatic carbocycles. The molecule has 0 saturated carbocycles. The fourth-order valence-electron chi connectivity index (χ4n) is 9.53. The first kappa shape index (κ1) is 45.4. The average Bonchev–Trinajstić information content (AvgIpc) is 4.24. The molecule has 1 N–H and O–H groups in total. The van der Waals surface area contributed by atoms with Crippen LogP contribution in [0.2, 0.25) is 15.1 Å². The van der Waals surface area contributed by atoms with Crippen molar-refractivity contribution in [2.45, 2.75) is 0 Å². The third-order valence-corrected chi connectivity index (χ3v) is 14.0. The largest absolute Gasteiger partial charge is 0.462 e. The number of benzene rings is 8. The van der Waals surface area contributed by atoms with E-state index in [0.29, 0.717) is 15.1 Å². The average molecular weight is 1010 g/mol. The summed E-state index contributed by atoms with van der Waals surface area (Å²) < 4.78 is 13.9. The highest BCUT2D eigenvalue weighted by Gasteiger charge is 2.24. The second-order valence-electron chi connectivity index (χ2n) is 17.1. The van der Waals surface area contributed by atoms with Gasteiger partial charge in [-0.25, -0.2) is 0 Å². The van der Waals surface area contributed by atoms with Crippen molar-refractivity contribution in [1.29, 1.82) is 0 Å². The number of halogens is 3. The van der Waals surface area contributed by atoms with Crippen LogP contribution >= 0.6 is 34.8 Å².